The number of fused-ring (bicyclic) bond motifs is 1. The molecule has 0 saturated carbocycles. The Bertz CT molecular complexity index is 413. The predicted molar refractivity (Wildman–Crippen MR) is 67.8 cm³/mol. The van der Waals surface area contributed by atoms with E-state index < -0.39 is 0 Å². The number of hydrogen-bond acceptors (Lipinski definition) is 2. The standard InChI is InChI=1S/C13H16BrNO/c1-9-6-15(7-9)8-11-5-12(14)4-10-2-3-16-13(10)11/h4-5,9H,2-3,6-8H2,1H3. The van der Waals surface area contributed by atoms with E-state index in [-0.39, 0.29) is 0 Å². The number of likely N-dealkylation sites (tertiary alicyclic amines) is 1. The second kappa shape index (κ2) is 4.04. The number of ether oxygens (including phenoxy) is 1. The van der Waals surface area contributed by atoms with Crippen LogP contribution in [-0.4, -0.2) is 24.6 Å². The van der Waals surface area contributed by atoms with E-state index in [2.05, 4.69) is 39.9 Å². The molecule has 0 unspecified atom stereocenters. The molecule has 1 aromatic rings. The minimum atomic E-state index is 0.842. The summed E-state index contributed by atoms with van der Waals surface area (Å²) in [6.45, 7) is 6.63. The molecule has 0 aromatic heterocycles. The number of halogens is 1. The van der Waals surface area contributed by atoms with E-state index in [9.17, 15) is 0 Å². The normalized spacial score (nSPS) is 20.4. The van der Waals surface area contributed by atoms with Crippen molar-refractivity contribution in [3.63, 3.8) is 0 Å². The molecule has 0 spiro atoms. The lowest BCUT2D eigenvalue weighted by molar-refractivity contribution is 0.104. The van der Waals surface area contributed by atoms with E-state index in [0.717, 1.165) is 31.2 Å². The molecule has 1 saturated heterocycles. The molecule has 1 aromatic carbocycles. The van der Waals surface area contributed by atoms with Crippen molar-refractivity contribution in [3.05, 3.63) is 27.7 Å². The van der Waals surface area contributed by atoms with Crippen molar-refractivity contribution in [1.29, 1.82) is 0 Å². The van der Waals surface area contributed by atoms with E-state index in [1.807, 2.05) is 0 Å². The second-order valence-corrected chi connectivity index (χ2v) is 5.87. The van der Waals surface area contributed by atoms with Crippen molar-refractivity contribution in [2.45, 2.75) is 19.9 Å². The Morgan fingerprint density at radius 3 is 3.00 bits per heavy atom. The highest BCUT2D eigenvalue weighted by Gasteiger charge is 2.25. The van der Waals surface area contributed by atoms with Gasteiger partial charge in [0.25, 0.3) is 0 Å². The van der Waals surface area contributed by atoms with E-state index in [4.69, 9.17) is 4.74 Å². The fourth-order valence-corrected chi connectivity index (χ4v) is 3.21. The predicted octanol–water partition coefficient (Wildman–Crippen LogP) is 2.84. The SMILES string of the molecule is CC1CN(Cc2cc(Br)cc3c2OCC3)C1. The Hall–Kier alpha value is -0.540. The minimum Gasteiger partial charge on any atom is -0.493 e. The summed E-state index contributed by atoms with van der Waals surface area (Å²) in [4.78, 5) is 2.48. The van der Waals surface area contributed by atoms with Gasteiger partial charge in [0.15, 0.2) is 0 Å². The van der Waals surface area contributed by atoms with Gasteiger partial charge in [0, 0.05) is 36.1 Å². The highest BCUT2D eigenvalue weighted by molar-refractivity contribution is 9.10. The summed E-state index contributed by atoms with van der Waals surface area (Å²) < 4.78 is 6.91. The summed E-state index contributed by atoms with van der Waals surface area (Å²) in [5.74, 6) is 2.00. The van der Waals surface area contributed by atoms with Crippen LogP contribution < -0.4 is 4.74 Å². The minimum absolute atomic E-state index is 0.842. The summed E-state index contributed by atoms with van der Waals surface area (Å²) in [5.41, 5.74) is 2.70. The molecular weight excluding hydrogens is 266 g/mol. The van der Waals surface area contributed by atoms with Gasteiger partial charge in [-0.05, 0) is 23.6 Å². The Morgan fingerprint density at radius 2 is 2.25 bits per heavy atom. The Balaban J connectivity index is 1.83. The van der Waals surface area contributed by atoms with E-state index in [1.54, 1.807) is 0 Å². The van der Waals surface area contributed by atoms with Gasteiger partial charge in [-0.3, -0.25) is 4.90 Å². The third-order valence-corrected chi connectivity index (χ3v) is 3.82. The van der Waals surface area contributed by atoms with E-state index in [1.165, 1.54) is 28.7 Å². The number of nitrogens with zero attached hydrogens (tertiary/aromatic N) is 1. The zero-order chi connectivity index (χ0) is 11.1. The largest absolute Gasteiger partial charge is 0.493 e. The van der Waals surface area contributed by atoms with E-state index in [0.29, 0.717) is 0 Å². The molecule has 16 heavy (non-hydrogen) atoms. The van der Waals surface area contributed by atoms with Crippen LogP contribution >= 0.6 is 15.9 Å². The first-order valence-electron chi connectivity index (χ1n) is 5.89. The molecule has 0 amide bonds. The smallest absolute Gasteiger partial charge is 0.127 e. The number of hydrogen-bond donors (Lipinski definition) is 0. The van der Waals surface area contributed by atoms with Gasteiger partial charge in [-0.1, -0.05) is 22.9 Å². The van der Waals surface area contributed by atoms with Gasteiger partial charge >= 0.3 is 0 Å². The third-order valence-electron chi connectivity index (χ3n) is 3.36. The zero-order valence-electron chi connectivity index (χ0n) is 9.50. The van der Waals surface area contributed by atoms with Crippen molar-refractivity contribution < 1.29 is 4.74 Å². The first-order valence-corrected chi connectivity index (χ1v) is 6.68. The van der Waals surface area contributed by atoms with Gasteiger partial charge in [-0.15, -0.1) is 0 Å². The van der Waals surface area contributed by atoms with Crippen LogP contribution in [0.4, 0.5) is 0 Å². The van der Waals surface area contributed by atoms with Crippen LogP contribution in [0.3, 0.4) is 0 Å². The van der Waals surface area contributed by atoms with Crippen LogP contribution in [0.15, 0.2) is 16.6 Å². The maximum Gasteiger partial charge on any atom is 0.127 e. The maximum absolute atomic E-state index is 5.73. The zero-order valence-corrected chi connectivity index (χ0v) is 11.1. The van der Waals surface area contributed by atoms with Crippen LogP contribution in [0.25, 0.3) is 0 Å². The molecule has 0 atom stereocenters. The highest BCUT2D eigenvalue weighted by atomic mass is 79.9. The number of benzene rings is 1. The molecule has 3 rings (SSSR count). The van der Waals surface area contributed by atoms with Gasteiger partial charge in [-0.2, -0.15) is 0 Å². The van der Waals surface area contributed by atoms with Crippen molar-refractivity contribution in [1.82, 2.24) is 4.90 Å². The molecule has 0 radical (unpaired) electrons. The lowest BCUT2D eigenvalue weighted by Crippen LogP contribution is -2.44. The quantitative estimate of drug-likeness (QED) is 0.827. The number of rotatable bonds is 2. The van der Waals surface area contributed by atoms with Gasteiger partial charge in [0.05, 0.1) is 6.61 Å². The lowest BCUT2D eigenvalue weighted by atomic mass is 10.0. The van der Waals surface area contributed by atoms with Crippen molar-refractivity contribution >= 4 is 15.9 Å². The molecule has 0 N–H and O–H groups in total. The summed E-state index contributed by atoms with van der Waals surface area (Å²) in [7, 11) is 0. The van der Waals surface area contributed by atoms with Crippen LogP contribution in [0.5, 0.6) is 5.75 Å². The fraction of sp³-hybridized carbons (Fsp3) is 0.538. The molecule has 0 aliphatic carbocycles. The van der Waals surface area contributed by atoms with Crippen LogP contribution in [0, 0.1) is 5.92 Å². The van der Waals surface area contributed by atoms with E-state index >= 15 is 0 Å². The highest BCUT2D eigenvalue weighted by Crippen LogP contribution is 2.34. The van der Waals surface area contributed by atoms with Crippen LogP contribution in [0.1, 0.15) is 18.1 Å². The molecule has 2 aliphatic rings. The summed E-state index contributed by atoms with van der Waals surface area (Å²) in [6, 6.07) is 4.39. The first-order chi connectivity index (χ1) is 7.72. The molecule has 2 nitrogen and oxygen atoms in total. The topological polar surface area (TPSA) is 12.5 Å². The van der Waals surface area contributed by atoms with Crippen molar-refractivity contribution in [3.8, 4) is 5.75 Å². The Morgan fingerprint density at radius 1 is 1.44 bits per heavy atom. The molecule has 3 heteroatoms. The molecule has 2 heterocycles. The maximum atomic E-state index is 5.73. The van der Waals surface area contributed by atoms with Gasteiger partial charge in [0.1, 0.15) is 5.75 Å². The summed E-state index contributed by atoms with van der Waals surface area (Å²) in [5, 5.41) is 0. The molecule has 2 aliphatic heterocycles. The Labute approximate surface area is 105 Å². The van der Waals surface area contributed by atoms with Crippen molar-refractivity contribution in [2.75, 3.05) is 19.7 Å². The molecule has 1 fully saturated rings. The lowest BCUT2D eigenvalue weighted by Gasteiger charge is -2.37. The second-order valence-electron chi connectivity index (χ2n) is 4.95. The Kier molecular flexibility index (Phi) is 2.68. The monoisotopic (exact) mass is 281 g/mol. The summed E-state index contributed by atoms with van der Waals surface area (Å²) >= 11 is 3.58. The van der Waals surface area contributed by atoms with Crippen LogP contribution in [-0.2, 0) is 13.0 Å². The molecule has 86 valence electrons. The third kappa shape index (κ3) is 1.87. The average Bonchev–Trinajstić information content (AvgIpc) is 2.62. The van der Waals surface area contributed by atoms with Crippen molar-refractivity contribution in [2.24, 2.45) is 5.92 Å². The summed E-state index contributed by atoms with van der Waals surface area (Å²) in [6.07, 6.45) is 1.05. The first kappa shape index (κ1) is 10.6. The van der Waals surface area contributed by atoms with Gasteiger partial charge < -0.3 is 4.74 Å². The molecule has 0 bridgehead atoms. The fourth-order valence-electron chi connectivity index (χ4n) is 2.66. The van der Waals surface area contributed by atoms with Gasteiger partial charge in [0.2, 0.25) is 0 Å². The molecular formula is C13H16BrNO. The van der Waals surface area contributed by atoms with Crippen LogP contribution in [0.2, 0.25) is 0 Å². The average molecular weight is 282 g/mol. The van der Waals surface area contributed by atoms with Gasteiger partial charge in [-0.25, -0.2) is 0 Å².